The van der Waals surface area contributed by atoms with E-state index in [4.69, 9.17) is 16.2 Å². The summed E-state index contributed by atoms with van der Waals surface area (Å²) in [5, 5.41) is 0. The lowest BCUT2D eigenvalue weighted by Gasteiger charge is -2.40. The highest BCUT2D eigenvalue weighted by atomic mass is 32.1. The summed E-state index contributed by atoms with van der Waals surface area (Å²) in [5.41, 5.74) is 11.6. The van der Waals surface area contributed by atoms with E-state index >= 15 is 0 Å². The first-order valence-electron chi connectivity index (χ1n) is 6.45. The smallest absolute Gasteiger partial charge is 0.237 e. The standard InChI is InChI=1S/C13H21N3O2S/c1-8-3-4-11(19-8)12(9(2)14)16-5-6-18-7-10(16)13(15)17/h3-4,9-10,12H,5-7,14H2,1-2H3,(H2,15,17). The first kappa shape index (κ1) is 14.5. The number of thiophene rings is 1. The van der Waals surface area contributed by atoms with Crippen molar-refractivity contribution in [3.05, 3.63) is 21.9 Å². The van der Waals surface area contributed by atoms with Gasteiger partial charge < -0.3 is 16.2 Å². The van der Waals surface area contributed by atoms with Gasteiger partial charge in [-0.25, -0.2) is 0 Å². The minimum absolute atomic E-state index is 0.0140. The van der Waals surface area contributed by atoms with Crippen LogP contribution in [0.25, 0.3) is 0 Å². The predicted molar refractivity (Wildman–Crippen MR) is 76.0 cm³/mol. The van der Waals surface area contributed by atoms with Crippen LogP contribution in [0.15, 0.2) is 12.1 Å². The molecule has 1 fully saturated rings. The van der Waals surface area contributed by atoms with Crippen molar-refractivity contribution in [2.24, 2.45) is 11.5 Å². The Hall–Kier alpha value is -0.950. The van der Waals surface area contributed by atoms with Crippen LogP contribution in [0.5, 0.6) is 0 Å². The summed E-state index contributed by atoms with van der Waals surface area (Å²) in [5.74, 6) is -0.348. The Kier molecular flexibility index (Phi) is 4.57. The molecule has 3 unspecified atom stereocenters. The maximum Gasteiger partial charge on any atom is 0.237 e. The molecular weight excluding hydrogens is 262 g/mol. The van der Waals surface area contributed by atoms with Crippen molar-refractivity contribution in [1.29, 1.82) is 0 Å². The molecule has 1 aliphatic rings. The van der Waals surface area contributed by atoms with Crippen molar-refractivity contribution in [3.63, 3.8) is 0 Å². The van der Waals surface area contributed by atoms with E-state index < -0.39 is 6.04 Å². The molecule has 19 heavy (non-hydrogen) atoms. The lowest BCUT2D eigenvalue weighted by molar-refractivity contribution is -0.131. The van der Waals surface area contributed by atoms with Gasteiger partial charge in [0.05, 0.1) is 19.3 Å². The molecule has 1 aliphatic heterocycles. The fourth-order valence-corrected chi connectivity index (χ4v) is 3.65. The Labute approximate surface area is 117 Å². The van der Waals surface area contributed by atoms with Crippen LogP contribution in [0.3, 0.4) is 0 Å². The Morgan fingerprint density at radius 2 is 2.32 bits per heavy atom. The quantitative estimate of drug-likeness (QED) is 0.849. The van der Waals surface area contributed by atoms with E-state index in [0.29, 0.717) is 19.8 Å². The molecule has 1 aromatic rings. The van der Waals surface area contributed by atoms with E-state index in [1.807, 2.05) is 6.92 Å². The first-order valence-corrected chi connectivity index (χ1v) is 7.27. The molecule has 2 heterocycles. The third kappa shape index (κ3) is 3.14. The molecule has 0 bridgehead atoms. The highest BCUT2D eigenvalue weighted by Gasteiger charge is 2.36. The molecule has 5 nitrogen and oxygen atoms in total. The predicted octanol–water partition coefficient (Wildman–Crippen LogP) is 0.631. The highest BCUT2D eigenvalue weighted by Crippen LogP contribution is 2.32. The summed E-state index contributed by atoms with van der Waals surface area (Å²) < 4.78 is 5.36. The number of hydrogen-bond acceptors (Lipinski definition) is 5. The molecule has 2 rings (SSSR count). The fraction of sp³-hybridized carbons (Fsp3) is 0.615. The molecule has 0 radical (unpaired) electrons. The molecule has 3 atom stereocenters. The molecule has 1 amide bonds. The molecule has 106 valence electrons. The van der Waals surface area contributed by atoms with Gasteiger partial charge in [0.1, 0.15) is 6.04 Å². The van der Waals surface area contributed by atoms with Gasteiger partial charge in [-0.2, -0.15) is 0 Å². The maximum absolute atomic E-state index is 11.6. The van der Waals surface area contributed by atoms with E-state index in [9.17, 15) is 4.79 Å². The van der Waals surface area contributed by atoms with Crippen LogP contribution in [0.1, 0.15) is 22.7 Å². The molecule has 0 spiro atoms. The zero-order chi connectivity index (χ0) is 14.0. The van der Waals surface area contributed by atoms with E-state index in [1.165, 1.54) is 9.75 Å². The van der Waals surface area contributed by atoms with Gasteiger partial charge in [0.25, 0.3) is 0 Å². The molecular formula is C13H21N3O2S. The SMILES string of the molecule is Cc1ccc(C(C(C)N)N2CCOCC2C(N)=O)s1. The van der Waals surface area contributed by atoms with Crippen molar-refractivity contribution in [2.45, 2.75) is 32.0 Å². The van der Waals surface area contributed by atoms with E-state index in [-0.39, 0.29) is 18.0 Å². The molecule has 0 aromatic carbocycles. The van der Waals surface area contributed by atoms with E-state index in [0.717, 1.165) is 0 Å². The third-order valence-electron chi connectivity index (χ3n) is 3.41. The Balaban J connectivity index is 2.29. The van der Waals surface area contributed by atoms with Gasteiger partial charge in [-0.15, -0.1) is 11.3 Å². The summed E-state index contributed by atoms with van der Waals surface area (Å²) in [7, 11) is 0. The number of aryl methyl sites for hydroxylation is 1. The van der Waals surface area contributed by atoms with Crippen LogP contribution in [-0.4, -0.2) is 42.6 Å². The highest BCUT2D eigenvalue weighted by molar-refractivity contribution is 7.12. The second-order valence-corrected chi connectivity index (χ2v) is 6.30. The number of carbonyl (C=O) groups excluding carboxylic acids is 1. The second kappa shape index (κ2) is 6.00. The monoisotopic (exact) mass is 283 g/mol. The molecule has 0 saturated carbocycles. The largest absolute Gasteiger partial charge is 0.378 e. The van der Waals surface area contributed by atoms with Gasteiger partial charge in [-0.05, 0) is 26.0 Å². The topological polar surface area (TPSA) is 81.6 Å². The molecule has 1 aromatic heterocycles. The lowest BCUT2D eigenvalue weighted by Crippen LogP contribution is -2.56. The average Bonchev–Trinajstić information content (AvgIpc) is 2.76. The van der Waals surface area contributed by atoms with Gasteiger partial charge >= 0.3 is 0 Å². The number of primary amides is 1. The Morgan fingerprint density at radius 3 is 2.84 bits per heavy atom. The van der Waals surface area contributed by atoms with Crippen molar-refractivity contribution >= 4 is 17.2 Å². The van der Waals surface area contributed by atoms with E-state index in [1.54, 1.807) is 11.3 Å². The summed E-state index contributed by atoms with van der Waals surface area (Å²) >= 11 is 1.72. The van der Waals surface area contributed by atoms with Crippen LogP contribution in [-0.2, 0) is 9.53 Å². The average molecular weight is 283 g/mol. The van der Waals surface area contributed by atoms with Crippen molar-refractivity contribution in [2.75, 3.05) is 19.8 Å². The molecule has 6 heteroatoms. The maximum atomic E-state index is 11.6. The fourth-order valence-electron chi connectivity index (χ4n) is 2.53. The summed E-state index contributed by atoms with van der Waals surface area (Å²) in [6.45, 7) is 5.67. The normalized spacial score (nSPS) is 24.1. The summed E-state index contributed by atoms with van der Waals surface area (Å²) in [6, 6.07) is 3.71. The first-order chi connectivity index (χ1) is 9.00. The van der Waals surface area contributed by atoms with E-state index in [2.05, 4.69) is 24.0 Å². The minimum Gasteiger partial charge on any atom is -0.378 e. The van der Waals surface area contributed by atoms with Crippen LogP contribution >= 0.6 is 11.3 Å². The van der Waals surface area contributed by atoms with Gasteiger partial charge in [0.2, 0.25) is 5.91 Å². The number of rotatable bonds is 4. The minimum atomic E-state index is -0.396. The third-order valence-corrected chi connectivity index (χ3v) is 4.48. The second-order valence-electron chi connectivity index (χ2n) is 4.98. The van der Waals surface area contributed by atoms with Crippen molar-refractivity contribution in [1.82, 2.24) is 4.90 Å². The zero-order valence-corrected chi connectivity index (χ0v) is 12.2. The van der Waals surface area contributed by atoms with Crippen LogP contribution in [0, 0.1) is 6.92 Å². The van der Waals surface area contributed by atoms with Crippen LogP contribution in [0.2, 0.25) is 0 Å². The zero-order valence-electron chi connectivity index (χ0n) is 11.3. The van der Waals surface area contributed by atoms with Crippen LogP contribution < -0.4 is 11.5 Å². The van der Waals surface area contributed by atoms with Gasteiger partial charge in [-0.1, -0.05) is 0 Å². The number of nitrogens with two attached hydrogens (primary N) is 2. The van der Waals surface area contributed by atoms with Crippen LogP contribution in [0.4, 0.5) is 0 Å². The summed E-state index contributed by atoms with van der Waals surface area (Å²) in [4.78, 5) is 16.1. The molecule has 0 aliphatic carbocycles. The van der Waals surface area contributed by atoms with Gasteiger partial charge in [-0.3, -0.25) is 9.69 Å². The number of morpholine rings is 1. The Bertz CT molecular complexity index is 447. The summed E-state index contributed by atoms with van der Waals surface area (Å²) in [6.07, 6.45) is 0. The van der Waals surface area contributed by atoms with Gasteiger partial charge in [0, 0.05) is 22.3 Å². The Morgan fingerprint density at radius 1 is 1.58 bits per heavy atom. The number of amides is 1. The molecule has 1 saturated heterocycles. The molecule has 4 N–H and O–H groups in total. The van der Waals surface area contributed by atoms with Gasteiger partial charge in [0.15, 0.2) is 0 Å². The van der Waals surface area contributed by atoms with Crippen molar-refractivity contribution in [3.8, 4) is 0 Å². The lowest BCUT2D eigenvalue weighted by atomic mass is 10.0. The number of ether oxygens (including phenoxy) is 1. The number of hydrogen-bond donors (Lipinski definition) is 2. The number of carbonyl (C=O) groups is 1. The number of nitrogens with zero attached hydrogens (tertiary/aromatic N) is 1. The van der Waals surface area contributed by atoms with Crippen molar-refractivity contribution < 1.29 is 9.53 Å².